The van der Waals surface area contributed by atoms with E-state index in [0.717, 1.165) is 11.1 Å². The fourth-order valence-corrected chi connectivity index (χ4v) is 5.49. The first-order valence-corrected chi connectivity index (χ1v) is 13.2. The van der Waals surface area contributed by atoms with Gasteiger partial charge in [0, 0.05) is 22.2 Å². The second kappa shape index (κ2) is 11.1. The van der Waals surface area contributed by atoms with Crippen LogP contribution in [0.25, 0.3) is 11.3 Å². The highest BCUT2D eigenvalue weighted by atomic mass is 79.9. The minimum atomic E-state index is -4.55. The average Bonchev–Trinajstić information content (AvgIpc) is 3.20. The van der Waals surface area contributed by atoms with Gasteiger partial charge in [0.1, 0.15) is 0 Å². The second-order valence-electron chi connectivity index (χ2n) is 8.03. The van der Waals surface area contributed by atoms with Gasteiger partial charge in [0.2, 0.25) is 0 Å². The third kappa shape index (κ3) is 5.72. The number of H-pyrrole nitrogens is 1. The summed E-state index contributed by atoms with van der Waals surface area (Å²) in [5.41, 5.74) is 4.35. The van der Waals surface area contributed by atoms with Gasteiger partial charge in [-0.05, 0) is 43.9 Å². The van der Waals surface area contributed by atoms with Gasteiger partial charge in [0.15, 0.2) is 0 Å². The summed E-state index contributed by atoms with van der Waals surface area (Å²) in [4.78, 5) is 16.0. The Morgan fingerprint density at radius 1 is 1.00 bits per heavy atom. The maximum Gasteiger partial charge on any atom is 0.399 e. The van der Waals surface area contributed by atoms with Gasteiger partial charge in [-0.3, -0.25) is 9.13 Å². The van der Waals surface area contributed by atoms with Crippen molar-refractivity contribution >= 4 is 23.5 Å². The van der Waals surface area contributed by atoms with Crippen LogP contribution < -0.4 is 5.69 Å². The number of nitrogens with zero attached hydrogens (tertiary/aromatic N) is 2. The molecule has 0 bridgehead atoms. The number of rotatable bonds is 9. The topological polar surface area (TPSA) is 97.1 Å². The smallest absolute Gasteiger partial charge is 0.309 e. The standard InChI is InChI=1S/C25H19BrF2N3O4P/c26-22-12-19(8-11-21(22)16-36(33,34-27)35-28)15-31-24(20-9-6-18(14-29)7-10-20)23(30-25(31)32)13-17-4-2-1-3-5-17/h1-12H,13,15-16H2,(H,30,32). The van der Waals surface area contributed by atoms with Crippen LogP contribution in [0.3, 0.4) is 0 Å². The Kier molecular flexibility index (Phi) is 7.97. The van der Waals surface area contributed by atoms with E-state index in [1.807, 2.05) is 30.3 Å². The molecule has 11 heteroatoms. The Balaban J connectivity index is 1.73. The van der Waals surface area contributed by atoms with Crippen molar-refractivity contribution in [1.29, 1.82) is 5.26 Å². The molecule has 1 aromatic heterocycles. The van der Waals surface area contributed by atoms with Crippen LogP contribution in [0, 0.1) is 11.3 Å². The fourth-order valence-electron chi connectivity index (χ4n) is 3.90. The number of hydrogen-bond donors (Lipinski definition) is 1. The van der Waals surface area contributed by atoms with Crippen molar-refractivity contribution in [2.45, 2.75) is 19.1 Å². The van der Waals surface area contributed by atoms with Gasteiger partial charge < -0.3 is 4.98 Å². The van der Waals surface area contributed by atoms with Gasteiger partial charge in [0.05, 0.1) is 30.0 Å². The molecule has 0 atom stereocenters. The van der Waals surface area contributed by atoms with Gasteiger partial charge in [0.25, 0.3) is 0 Å². The van der Waals surface area contributed by atoms with Crippen molar-refractivity contribution in [2.75, 3.05) is 0 Å². The number of hydrogen-bond acceptors (Lipinski definition) is 5. The van der Waals surface area contributed by atoms with Crippen molar-refractivity contribution in [1.82, 2.24) is 9.55 Å². The Morgan fingerprint density at radius 2 is 1.69 bits per heavy atom. The quantitative estimate of drug-likeness (QED) is 0.227. The van der Waals surface area contributed by atoms with E-state index in [1.165, 1.54) is 6.07 Å². The Hall–Kier alpha value is -3.35. The first-order valence-electron chi connectivity index (χ1n) is 10.7. The zero-order valence-corrected chi connectivity index (χ0v) is 21.1. The third-order valence-corrected chi connectivity index (χ3v) is 7.49. The number of nitrogens with one attached hydrogen (secondary N) is 1. The molecule has 0 fully saturated rings. The Labute approximate surface area is 213 Å². The largest absolute Gasteiger partial charge is 0.399 e. The minimum Gasteiger partial charge on any atom is -0.309 e. The lowest BCUT2D eigenvalue weighted by molar-refractivity contribution is -0.0881. The van der Waals surface area contributed by atoms with Gasteiger partial charge in [-0.15, -0.1) is 9.46 Å². The first kappa shape index (κ1) is 25.7. The van der Waals surface area contributed by atoms with E-state index in [1.54, 1.807) is 41.0 Å². The Morgan fingerprint density at radius 3 is 2.31 bits per heavy atom. The molecule has 0 aliphatic rings. The summed E-state index contributed by atoms with van der Waals surface area (Å²) in [6.07, 6.45) is -0.133. The monoisotopic (exact) mass is 573 g/mol. The molecular formula is C25H19BrF2N3O4P. The van der Waals surface area contributed by atoms with Crippen molar-refractivity contribution in [3.63, 3.8) is 0 Å². The molecule has 1 N–H and O–H groups in total. The molecule has 0 unspecified atom stereocenters. The number of nitriles is 1. The normalized spacial score (nSPS) is 11.4. The van der Waals surface area contributed by atoms with E-state index in [2.05, 4.69) is 36.4 Å². The zero-order chi connectivity index (χ0) is 25.7. The van der Waals surface area contributed by atoms with Gasteiger partial charge in [-0.25, -0.2) is 4.79 Å². The number of aromatic amines is 1. The number of imidazole rings is 1. The number of aromatic nitrogens is 2. The molecule has 36 heavy (non-hydrogen) atoms. The molecule has 0 radical (unpaired) electrons. The molecule has 184 valence electrons. The van der Waals surface area contributed by atoms with Crippen LogP contribution in [0.1, 0.15) is 27.9 Å². The van der Waals surface area contributed by atoms with Crippen molar-refractivity contribution in [3.8, 4) is 17.3 Å². The molecule has 0 spiro atoms. The van der Waals surface area contributed by atoms with E-state index < -0.39 is 13.8 Å². The van der Waals surface area contributed by atoms with Crippen LogP contribution >= 0.6 is 23.5 Å². The van der Waals surface area contributed by atoms with Crippen molar-refractivity contribution in [3.05, 3.63) is 116 Å². The predicted octanol–water partition coefficient (Wildman–Crippen LogP) is 6.61. The van der Waals surface area contributed by atoms with Gasteiger partial charge in [-0.1, -0.05) is 70.5 Å². The molecule has 4 rings (SSSR count). The molecule has 3 aromatic carbocycles. The highest BCUT2D eigenvalue weighted by Crippen LogP contribution is 2.53. The van der Waals surface area contributed by atoms with Crippen molar-refractivity contribution < 1.29 is 23.1 Å². The van der Waals surface area contributed by atoms with Crippen LogP contribution in [0.4, 0.5) is 9.05 Å². The highest BCUT2D eigenvalue weighted by Gasteiger charge is 2.29. The molecule has 0 aliphatic heterocycles. The molecule has 0 aliphatic carbocycles. The maximum absolute atomic E-state index is 13.1. The first-order chi connectivity index (χ1) is 17.4. The minimum absolute atomic E-state index is 0.176. The average molecular weight is 574 g/mol. The third-order valence-electron chi connectivity index (χ3n) is 5.60. The van der Waals surface area contributed by atoms with Crippen LogP contribution in [-0.2, 0) is 33.1 Å². The molecule has 0 saturated heterocycles. The number of benzene rings is 3. The molecule has 1 heterocycles. The second-order valence-corrected chi connectivity index (χ2v) is 10.7. The Bertz CT molecular complexity index is 1510. The number of halogens is 3. The molecule has 0 saturated carbocycles. The van der Waals surface area contributed by atoms with Crippen LogP contribution in [-0.4, -0.2) is 9.55 Å². The highest BCUT2D eigenvalue weighted by molar-refractivity contribution is 9.10. The lowest BCUT2D eigenvalue weighted by atomic mass is 10.0. The zero-order valence-electron chi connectivity index (χ0n) is 18.7. The lowest BCUT2D eigenvalue weighted by Crippen LogP contribution is -2.18. The van der Waals surface area contributed by atoms with E-state index >= 15 is 0 Å². The van der Waals surface area contributed by atoms with Crippen molar-refractivity contribution in [2.24, 2.45) is 0 Å². The lowest BCUT2D eigenvalue weighted by Gasteiger charge is -2.13. The summed E-state index contributed by atoms with van der Waals surface area (Å²) in [5, 5.41) is 9.16. The summed E-state index contributed by atoms with van der Waals surface area (Å²) in [7, 11) is -4.55. The van der Waals surface area contributed by atoms with E-state index in [4.69, 9.17) is 5.26 Å². The predicted molar refractivity (Wildman–Crippen MR) is 133 cm³/mol. The van der Waals surface area contributed by atoms with E-state index in [-0.39, 0.29) is 12.2 Å². The summed E-state index contributed by atoms with van der Waals surface area (Å²) >= 11 is 3.32. The molecule has 4 aromatic rings. The fraction of sp³-hybridized carbons (Fsp3) is 0.120. The van der Waals surface area contributed by atoms with E-state index in [0.29, 0.717) is 39.0 Å². The van der Waals surface area contributed by atoms with Crippen LogP contribution in [0.15, 0.2) is 82.1 Å². The SMILES string of the molecule is N#Cc1ccc(-c2c(Cc3ccccc3)[nH]c(=O)n2Cc2ccc(CP(=O)(OF)OF)c(Br)c2)cc1. The summed E-state index contributed by atoms with van der Waals surface area (Å²) < 4.78 is 45.1. The van der Waals surface area contributed by atoms with Gasteiger partial charge >= 0.3 is 13.3 Å². The summed E-state index contributed by atoms with van der Waals surface area (Å²) in [6.45, 7) is 0.176. The molecular weight excluding hydrogens is 555 g/mol. The van der Waals surface area contributed by atoms with Crippen LogP contribution in [0.2, 0.25) is 0 Å². The molecule has 0 amide bonds. The van der Waals surface area contributed by atoms with Gasteiger partial charge in [-0.2, -0.15) is 5.26 Å². The summed E-state index contributed by atoms with van der Waals surface area (Å²) in [5.74, 6) is 0. The molecule has 7 nitrogen and oxygen atoms in total. The van der Waals surface area contributed by atoms with E-state index in [9.17, 15) is 18.4 Å². The van der Waals surface area contributed by atoms with Crippen LogP contribution in [0.5, 0.6) is 0 Å². The maximum atomic E-state index is 13.1. The summed E-state index contributed by atoms with van der Waals surface area (Å²) in [6, 6.07) is 23.6.